The van der Waals surface area contributed by atoms with Gasteiger partial charge in [-0.05, 0) is 18.2 Å². The Hall–Kier alpha value is -0.570. The lowest BCUT2D eigenvalue weighted by Gasteiger charge is -1.96. The van der Waals surface area contributed by atoms with Gasteiger partial charge in [-0.2, -0.15) is 8.78 Å². The molecule has 0 aliphatic carbocycles. The first-order valence-corrected chi connectivity index (χ1v) is 3.58. The molecular weight excluding hydrogens is 154 g/mol. The van der Waals surface area contributed by atoms with Gasteiger partial charge in [0.2, 0.25) is 0 Å². The van der Waals surface area contributed by atoms with Crippen molar-refractivity contribution < 1.29 is 8.78 Å². The Bertz CT molecular complexity index is 186. The van der Waals surface area contributed by atoms with Crippen molar-refractivity contribution in [1.29, 1.82) is 0 Å². The van der Waals surface area contributed by atoms with Crippen molar-refractivity contribution in [2.24, 2.45) is 0 Å². The summed E-state index contributed by atoms with van der Waals surface area (Å²) in [5.41, 5.74) is 0. The minimum atomic E-state index is -2.34. The van der Waals surface area contributed by atoms with Crippen LogP contribution in [0.15, 0.2) is 29.2 Å². The van der Waals surface area contributed by atoms with Crippen molar-refractivity contribution >= 4 is 11.8 Å². The number of alkyl halides is 2. The van der Waals surface area contributed by atoms with Crippen molar-refractivity contribution in [1.82, 2.24) is 0 Å². The molecule has 53 valence electrons. The molecule has 10 heavy (non-hydrogen) atoms. The van der Waals surface area contributed by atoms with Gasteiger partial charge < -0.3 is 0 Å². The Morgan fingerprint density at radius 3 is 2.80 bits per heavy atom. The van der Waals surface area contributed by atoms with Crippen LogP contribution in [0.1, 0.15) is 0 Å². The third kappa shape index (κ3) is 2.35. The van der Waals surface area contributed by atoms with Gasteiger partial charge in [-0.15, -0.1) is 0 Å². The summed E-state index contributed by atoms with van der Waals surface area (Å²) < 4.78 is 23.3. The highest BCUT2D eigenvalue weighted by Gasteiger charge is 2.02. The largest absolute Gasteiger partial charge is 0.288 e. The van der Waals surface area contributed by atoms with E-state index in [1.165, 1.54) is 6.07 Å². The van der Waals surface area contributed by atoms with E-state index in [9.17, 15) is 8.78 Å². The van der Waals surface area contributed by atoms with Crippen LogP contribution in [0, 0.1) is 6.07 Å². The zero-order chi connectivity index (χ0) is 7.40. The average Bonchev–Trinajstić information content (AvgIpc) is 1.88. The van der Waals surface area contributed by atoms with Crippen LogP contribution in [0.5, 0.6) is 0 Å². The van der Waals surface area contributed by atoms with Gasteiger partial charge in [0.1, 0.15) is 0 Å². The summed E-state index contributed by atoms with van der Waals surface area (Å²) in [5.74, 6) is -2.34. The summed E-state index contributed by atoms with van der Waals surface area (Å²) >= 11 is 0.534. The second-order valence-electron chi connectivity index (χ2n) is 1.62. The zero-order valence-corrected chi connectivity index (χ0v) is 5.87. The van der Waals surface area contributed by atoms with Crippen molar-refractivity contribution in [3.05, 3.63) is 30.3 Å². The smallest absolute Gasteiger partial charge is 0.198 e. The number of benzene rings is 1. The topological polar surface area (TPSA) is 0 Å². The Morgan fingerprint density at radius 1 is 1.50 bits per heavy atom. The third-order valence-corrected chi connectivity index (χ3v) is 1.61. The molecule has 1 aromatic rings. The molecule has 3 heteroatoms. The Balaban J connectivity index is 2.59. The SMILES string of the molecule is FC(F)Sc1c[c]ccc1. The van der Waals surface area contributed by atoms with E-state index in [-0.39, 0.29) is 0 Å². The molecule has 0 heterocycles. The minimum Gasteiger partial charge on any atom is -0.198 e. The molecule has 0 aromatic heterocycles. The molecule has 0 atom stereocenters. The van der Waals surface area contributed by atoms with Crippen LogP contribution in [-0.2, 0) is 0 Å². The lowest BCUT2D eigenvalue weighted by atomic mass is 10.4. The minimum absolute atomic E-state index is 0.534. The lowest BCUT2D eigenvalue weighted by molar-refractivity contribution is 0.252. The van der Waals surface area contributed by atoms with Crippen LogP contribution in [0.2, 0.25) is 0 Å². The van der Waals surface area contributed by atoms with E-state index in [0.717, 1.165) is 0 Å². The van der Waals surface area contributed by atoms with Crippen molar-refractivity contribution in [3.63, 3.8) is 0 Å². The van der Waals surface area contributed by atoms with Crippen LogP contribution in [0.4, 0.5) is 8.78 Å². The molecule has 1 radical (unpaired) electrons. The van der Waals surface area contributed by atoms with Gasteiger partial charge in [-0.3, -0.25) is 0 Å². The van der Waals surface area contributed by atoms with Crippen LogP contribution in [-0.4, -0.2) is 5.76 Å². The predicted molar refractivity (Wildman–Crippen MR) is 37.1 cm³/mol. The van der Waals surface area contributed by atoms with Crippen molar-refractivity contribution in [2.75, 3.05) is 0 Å². The average molecular weight is 159 g/mol. The van der Waals surface area contributed by atoms with Gasteiger partial charge in [-0.1, -0.05) is 23.9 Å². The van der Waals surface area contributed by atoms with E-state index in [0.29, 0.717) is 16.7 Å². The quantitative estimate of drug-likeness (QED) is 0.598. The zero-order valence-electron chi connectivity index (χ0n) is 5.05. The normalized spacial score (nSPS) is 10.3. The van der Waals surface area contributed by atoms with Gasteiger partial charge >= 0.3 is 0 Å². The first-order valence-electron chi connectivity index (χ1n) is 2.70. The van der Waals surface area contributed by atoms with Gasteiger partial charge in [0, 0.05) is 4.90 Å². The highest BCUT2D eigenvalue weighted by molar-refractivity contribution is 7.99. The number of hydrogen-bond acceptors (Lipinski definition) is 1. The van der Waals surface area contributed by atoms with E-state index >= 15 is 0 Å². The maximum Gasteiger partial charge on any atom is 0.288 e. The summed E-state index contributed by atoms with van der Waals surface area (Å²) in [5, 5.41) is 0. The number of rotatable bonds is 2. The van der Waals surface area contributed by atoms with Gasteiger partial charge in [0.05, 0.1) is 0 Å². The van der Waals surface area contributed by atoms with Gasteiger partial charge in [0.25, 0.3) is 5.76 Å². The van der Waals surface area contributed by atoms with Gasteiger partial charge in [-0.25, -0.2) is 0 Å². The predicted octanol–water partition coefficient (Wildman–Crippen LogP) is 2.80. The first kappa shape index (κ1) is 7.54. The number of thioether (sulfide) groups is 1. The fourth-order valence-corrected chi connectivity index (χ4v) is 1.05. The summed E-state index contributed by atoms with van der Waals surface area (Å²) in [7, 11) is 0. The summed E-state index contributed by atoms with van der Waals surface area (Å²) in [6, 6.07) is 9.24. The second kappa shape index (κ2) is 3.56. The molecule has 0 N–H and O–H groups in total. The van der Waals surface area contributed by atoms with Crippen LogP contribution in [0.25, 0.3) is 0 Å². The number of halogens is 2. The van der Waals surface area contributed by atoms with E-state index in [1.807, 2.05) is 0 Å². The van der Waals surface area contributed by atoms with Crippen molar-refractivity contribution in [2.45, 2.75) is 10.7 Å². The molecule has 0 amide bonds. The molecule has 0 spiro atoms. The van der Waals surface area contributed by atoms with Crippen molar-refractivity contribution in [3.8, 4) is 0 Å². The Kier molecular flexibility index (Phi) is 2.68. The molecule has 0 unspecified atom stereocenters. The molecule has 0 nitrogen and oxygen atoms in total. The molecule has 1 rings (SSSR count). The number of hydrogen-bond donors (Lipinski definition) is 0. The molecule has 0 fully saturated rings. The fraction of sp³-hybridized carbons (Fsp3) is 0.143. The third-order valence-electron chi connectivity index (χ3n) is 0.904. The Labute approximate surface area is 62.3 Å². The first-order chi connectivity index (χ1) is 4.79. The highest BCUT2D eigenvalue weighted by Crippen LogP contribution is 2.23. The maximum atomic E-state index is 11.7. The molecule has 0 aliphatic rings. The summed E-state index contributed by atoms with van der Waals surface area (Å²) in [6.07, 6.45) is 0. The fourth-order valence-electron chi connectivity index (χ4n) is 0.553. The van der Waals surface area contributed by atoms with E-state index < -0.39 is 5.76 Å². The maximum absolute atomic E-state index is 11.7. The Morgan fingerprint density at radius 2 is 2.30 bits per heavy atom. The molecular formula is C7H5F2S. The molecule has 0 saturated heterocycles. The molecule has 0 aliphatic heterocycles. The molecule has 0 saturated carbocycles. The van der Waals surface area contributed by atoms with E-state index in [4.69, 9.17) is 0 Å². The van der Waals surface area contributed by atoms with E-state index in [1.54, 1.807) is 18.2 Å². The monoisotopic (exact) mass is 159 g/mol. The highest BCUT2D eigenvalue weighted by atomic mass is 32.2. The standard InChI is InChI=1S/C7H5F2S/c8-7(9)10-6-4-2-1-3-5-6/h1-2,4-5,7H. The van der Waals surface area contributed by atoms with Crippen LogP contribution < -0.4 is 0 Å². The van der Waals surface area contributed by atoms with E-state index in [2.05, 4.69) is 6.07 Å². The second-order valence-corrected chi connectivity index (χ2v) is 2.68. The lowest BCUT2D eigenvalue weighted by Crippen LogP contribution is -1.79. The van der Waals surface area contributed by atoms with Gasteiger partial charge in [0.15, 0.2) is 0 Å². The molecule has 1 aromatic carbocycles. The van der Waals surface area contributed by atoms with Crippen LogP contribution in [0.3, 0.4) is 0 Å². The summed E-state index contributed by atoms with van der Waals surface area (Å²) in [4.78, 5) is 0.553. The summed E-state index contributed by atoms with van der Waals surface area (Å²) in [6.45, 7) is 0. The van der Waals surface area contributed by atoms with Crippen LogP contribution >= 0.6 is 11.8 Å². The molecule has 0 bridgehead atoms.